The lowest BCUT2D eigenvalue weighted by molar-refractivity contribution is 0.559. The molecule has 0 aliphatic heterocycles. The number of aryl methyl sites for hydroxylation is 1. The van der Waals surface area contributed by atoms with Crippen LogP contribution in [0.3, 0.4) is 0 Å². The second-order valence-electron chi connectivity index (χ2n) is 5.88. The molecule has 23 heavy (non-hydrogen) atoms. The summed E-state index contributed by atoms with van der Waals surface area (Å²) in [5.41, 5.74) is 7.83. The van der Waals surface area contributed by atoms with Gasteiger partial charge < -0.3 is 10.2 Å². The Morgan fingerprint density at radius 3 is 2.83 bits per heavy atom. The van der Waals surface area contributed by atoms with E-state index < -0.39 is 0 Å². The number of aliphatic imine (C=N–C) groups is 1. The zero-order valence-electron chi connectivity index (χ0n) is 13.6. The molecule has 1 heterocycles. The number of hydrogen-bond donors (Lipinski definition) is 1. The van der Waals surface area contributed by atoms with Crippen LogP contribution in [0, 0.1) is 12.8 Å². The van der Waals surface area contributed by atoms with Crippen LogP contribution in [0.15, 0.2) is 32.4 Å². The molecule has 0 saturated carbocycles. The third kappa shape index (κ3) is 5.01. The Labute approximate surface area is 145 Å². The predicted molar refractivity (Wildman–Crippen MR) is 99.5 cm³/mol. The molecule has 0 bridgehead atoms. The molecule has 1 aromatic heterocycles. The zero-order valence-corrected chi connectivity index (χ0v) is 15.1. The molecule has 2 rings (SSSR count). The summed E-state index contributed by atoms with van der Waals surface area (Å²) in [4.78, 5) is 16.1. The van der Waals surface area contributed by atoms with Crippen LogP contribution in [-0.4, -0.2) is 11.7 Å². The minimum absolute atomic E-state index is 0.370. The SMILES string of the molecule is Cc1cc2oc(=O)cc(CSC(N)=NCCC(C)C)c2cc1Cl. The lowest BCUT2D eigenvalue weighted by Crippen LogP contribution is -2.09. The van der Waals surface area contributed by atoms with Crippen molar-refractivity contribution in [3.8, 4) is 0 Å². The molecule has 2 aromatic rings. The van der Waals surface area contributed by atoms with Gasteiger partial charge in [0.2, 0.25) is 0 Å². The highest BCUT2D eigenvalue weighted by atomic mass is 35.5. The van der Waals surface area contributed by atoms with Gasteiger partial charge in [0.15, 0.2) is 5.17 Å². The molecule has 0 saturated heterocycles. The van der Waals surface area contributed by atoms with Crippen LogP contribution in [0.4, 0.5) is 0 Å². The maximum atomic E-state index is 11.7. The molecule has 2 N–H and O–H groups in total. The highest BCUT2D eigenvalue weighted by Crippen LogP contribution is 2.27. The van der Waals surface area contributed by atoms with Crippen molar-refractivity contribution in [3.63, 3.8) is 0 Å². The third-order valence-corrected chi connectivity index (χ3v) is 4.75. The average Bonchev–Trinajstić information content (AvgIpc) is 2.46. The first-order valence-electron chi connectivity index (χ1n) is 7.52. The highest BCUT2D eigenvalue weighted by molar-refractivity contribution is 8.13. The van der Waals surface area contributed by atoms with Crippen LogP contribution in [0.5, 0.6) is 0 Å². The second kappa shape index (κ2) is 7.88. The molecule has 0 amide bonds. The van der Waals surface area contributed by atoms with E-state index in [1.807, 2.05) is 13.0 Å². The molecular formula is C17H21ClN2O2S. The molecule has 0 unspecified atom stereocenters. The Morgan fingerprint density at radius 2 is 2.13 bits per heavy atom. The van der Waals surface area contributed by atoms with Gasteiger partial charge in [-0.1, -0.05) is 37.2 Å². The molecule has 0 spiro atoms. The predicted octanol–water partition coefficient (Wildman–Crippen LogP) is 4.35. The summed E-state index contributed by atoms with van der Waals surface area (Å²) in [7, 11) is 0. The van der Waals surface area contributed by atoms with Crippen LogP contribution < -0.4 is 11.4 Å². The Hall–Kier alpha value is -1.46. The van der Waals surface area contributed by atoms with Crippen molar-refractivity contribution in [2.45, 2.75) is 32.9 Å². The van der Waals surface area contributed by atoms with Crippen LogP contribution in [-0.2, 0) is 5.75 Å². The van der Waals surface area contributed by atoms with Crippen molar-refractivity contribution >= 4 is 39.5 Å². The van der Waals surface area contributed by atoms with Gasteiger partial charge in [-0.05, 0) is 42.5 Å². The Kier molecular flexibility index (Phi) is 6.13. The van der Waals surface area contributed by atoms with Gasteiger partial charge >= 0.3 is 5.63 Å². The number of thioether (sulfide) groups is 1. The molecular weight excluding hydrogens is 332 g/mol. The molecule has 124 valence electrons. The number of fused-ring (bicyclic) bond motifs is 1. The first-order valence-corrected chi connectivity index (χ1v) is 8.88. The normalized spacial score (nSPS) is 12.3. The number of nitrogens with two attached hydrogens (primary N) is 1. The number of halogens is 1. The molecule has 6 heteroatoms. The summed E-state index contributed by atoms with van der Waals surface area (Å²) in [6.45, 7) is 6.90. The van der Waals surface area contributed by atoms with Crippen LogP contribution in [0.25, 0.3) is 11.0 Å². The summed E-state index contributed by atoms with van der Waals surface area (Å²) in [5.74, 6) is 1.16. The Morgan fingerprint density at radius 1 is 1.39 bits per heavy atom. The van der Waals surface area contributed by atoms with Gasteiger partial charge in [-0.25, -0.2) is 4.79 Å². The van der Waals surface area contributed by atoms with Gasteiger partial charge in [0.05, 0.1) is 0 Å². The minimum Gasteiger partial charge on any atom is -0.423 e. The fourth-order valence-electron chi connectivity index (χ4n) is 2.10. The molecule has 0 aliphatic carbocycles. The number of benzene rings is 1. The molecule has 0 fully saturated rings. The fourth-order valence-corrected chi connectivity index (χ4v) is 2.99. The fraction of sp³-hybridized carbons (Fsp3) is 0.412. The van der Waals surface area contributed by atoms with Crippen molar-refractivity contribution < 1.29 is 4.42 Å². The summed E-state index contributed by atoms with van der Waals surface area (Å²) in [5, 5.41) is 2.02. The molecule has 0 atom stereocenters. The monoisotopic (exact) mass is 352 g/mol. The largest absolute Gasteiger partial charge is 0.423 e. The molecule has 0 radical (unpaired) electrons. The van der Waals surface area contributed by atoms with Gasteiger partial charge in [0.1, 0.15) is 5.58 Å². The minimum atomic E-state index is -0.370. The highest BCUT2D eigenvalue weighted by Gasteiger charge is 2.09. The van der Waals surface area contributed by atoms with E-state index in [1.165, 1.54) is 17.8 Å². The van der Waals surface area contributed by atoms with E-state index in [4.69, 9.17) is 21.8 Å². The topological polar surface area (TPSA) is 68.6 Å². The van der Waals surface area contributed by atoms with E-state index in [9.17, 15) is 4.79 Å². The Bertz CT molecular complexity index is 784. The summed E-state index contributed by atoms with van der Waals surface area (Å²) < 4.78 is 5.25. The average molecular weight is 353 g/mol. The maximum Gasteiger partial charge on any atom is 0.336 e. The van der Waals surface area contributed by atoms with Crippen molar-refractivity contribution in [1.29, 1.82) is 0 Å². The quantitative estimate of drug-likeness (QED) is 0.493. The lowest BCUT2D eigenvalue weighted by Gasteiger charge is -2.07. The number of rotatable bonds is 5. The molecule has 0 aliphatic rings. The van der Waals surface area contributed by atoms with Crippen molar-refractivity contribution in [2.24, 2.45) is 16.6 Å². The van der Waals surface area contributed by atoms with E-state index in [1.54, 1.807) is 6.07 Å². The third-order valence-electron chi connectivity index (χ3n) is 3.46. The smallest absolute Gasteiger partial charge is 0.336 e. The van der Waals surface area contributed by atoms with E-state index in [0.29, 0.717) is 27.4 Å². The standard InChI is InChI=1S/C17H21ClN2O2S/c1-10(2)4-5-20-17(19)23-9-12-7-16(21)22-15-6-11(3)14(18)8-13(12)15/h6-8,10H,4-5,9H2,1-3H3,(H2,19,20). The molecule has 4 nitrogen and oxygen atoms in total. The Balaban J connectivity index is 2.20. The van der Waals surface area contributed by atoms with Crippen LogP contribution in [0.1, 0.15) is 31.4 Å². The number of hydrogen-bond acceptors (Lipinski definition) is 4. The number of amidine groups is 1. The summed E-state index contributed by atoms with van der Waals surface area (Å²) in [6, 6.07) is 5.10. The van der Waals surface area contributed by atoms with Crippen molar-refractivity contribution in [1.82, 2.24) is 0 Å². The van der Waals surface area contributed by atoms with Crippen molar-refractivity contribution in [3.05, 3.63) is 44.8 Å². The van der Waals surface area contributed by atoms with E-state index in [0.717, 1.165) is 29.5 Å². The van der Waals surface area contributed by atoms with Crippen molar-refractivity contribution in [2.75, 3.05) is 6.54 Å². The van der Waals surface area contributed by atoms with Gasteiger partial charge in [-0.2, -0.15) is 0 Å². The van der Waals surface area contributed by atoms with Gasteiger partial charge in [0, 0.05) is 28.8 Å². The second-order valence-corrected chi connectivity index (χ2v) is 7.28. The van der Waals surface area contributed by atoms with E-state index >= 15 is 0 Å². The first kappa shape index (κ1) is 17.9. The lowest BCUT2D eigenvalue weighted by atomic mass is 10.1. The van der Waals surface area contributed by atoms with Gasteiger partial charge in [-0.3, -0.25) is 4.99 Å². The zero-order chi connectivity index (χ0) is 17.0. The molecule has 1 aromatic carbocycles. The number of nitrogens with zero attached hydrogens (tertiary/aromatic N) is 1. The maximum absolute atomic E-state index is 11.7. The first-order chi connectivity index (χ1) is 10.9. The van der Waals surface area contributed by atoms with Crippen LogP contribution >= 0.6 is 23.4 Å². The summed E-state index contributed by atoms with van der Waals surface area (Å²) in [6.07, 6.45) is 1.01. The van der Waals surface area contributed by atoms with Crippen LogP contribution in [0.2, 0.25) is 5.02 Å². The van der Waals surface area contributed by atoms with E-state index in [2.05, 4.69) is 18.8 Å². The van der Waals surface area contributed by atoms with Gasteiger partial charge in [-0.15, -0.1) is 0 Å². The summed E-state index contributed by atoms with van der Waals surface area (Å²) >= 11 is 7.60. The van der Waals surface area contributed by atoms with Gasteiger partial charge in [0.25, 0.3) is 0 Å². The van der Waals surface area contributed by atoms with E-state index in [-0.39, 0.29) is 5.63 Å².